The molecule has 2 unspecified atom stereocenters. The SMILES string of the molecule is Cc1c(C=O)ccc(N2CC3CC3C2)c1C#N. The molecule has 2 atom stereocenters. The topological polar surface area (TPSA) is 44.1 Å². The Morgan fingerprint density at radius 3 is 2.71 bits per heavy atom. The smallest absolute Gasteiger partial charge is 0.150 e. The Bertz CT molecular complexity index is 520. The highest BCUT2D eigenvalue weighted by Crippen LogP contribution is 2.47. The average Bonchev–Trinajstić information content (AvgIpc) is 2.96. The zero-order chi connectivity index (χ0) is 12.0. The molecule has 0 radical (unpaired) electrons. The van der Waals surface area contributed by atoms with Crippen molar-refractivity contribution in [2.24, 2.45) is 11.8 Å². The van der Waals surface area contributed by atoms with E-state index in [0.29, 0.717) is 11.1 Å². The van der Waals surface area contributed by atoms with Crippen LogP contribution in [-0.2, 0) is 0 Å². The third kappa shape index (κ3) is 1.52. The Morgan fingerprint density at radius 1 is 1.41 bits per heavy atom. The van der Waals surface area contributed by atoms with Crippen LogP contribution in [0.4, 0.5) is 5.69 Å². The van der Waals surface area contributed by atoms with Crippen molar-refractivity contribution in [1.29, 1.82) is 5.26 Å². The Hall–Kier alpha value is -1.82. The largest absolute Gasteiger partial charge is 0.370 e. The summed E-state index contributed by atoms with van der Waals surface area (Å²) < 4.78 is 0. The van der Waals surface area contributed by atoms with Crippen molar-refractivity contribution in [2.45, 2.75) is 13.3 Å². The number of hydrogen-bond acceptors (Lipinski definition) is 3. The van der Waals surface area contributed by atoms with Gasteiger partial charge in [-0.15, -0.1) is 0 Å². The van der Waals surface area contributed by atoms with E-state index in [1.165, 1.54) is 6.42 Å². The summed E-state index contributed by atoms with van der Waals surface area (Å²) in [6.07, 6.45) is 2.17. The van der Waals surface area contributed by atoms with Gasteiger partial charge in [-0.05, 0) is 42.9 Å². The van der Waals surface area contributed by atoms with Gasteiger partial charge in [0.05, 0.1) is 11.3 Å². The first-order valence-electron chi connectivity index (χ1n) is 5.98. The van der Waals surface area contributed by atoms with E-state index in [2.05, 4.69) is 11.0 Å². The number of nitriles is 1. The van der Waals surface area contributed by atoms with E-state index >= 15 is 0 Å². The molecule has 0 spiro atoms. The highest BCUT2D eigenvalue weighted by molar-refractivity contribution is 5.81. The van der Waals surface area contributed by atoms with Crippen molar-refractivity contribution >= 4 is 12.0 Å². The zero-order valence-corrected chi connectivity index (χ0v) is 9.81. The molecule has 1 saturated carbocycles. The number of anilines is 1. The fourth-order valence-electron chi connectivity index (χ4n) is 2.84. The summed E-state index contributed by atoms with van der Waals surface area (Å²) in [6.45, 7) is 3.99. The molecule has 2 aliphatic rings. The molecule has 1 saturated heterocycles. The van der Waals surface area contributed by atoms with Crippen molar-refractivity contribution < 1.29 is 4.79 Å². The second-order valence-electron chi connectivity index (χ2n) is 5.06. The van der Waals surface area contributed by atoms with Crippen LogP contribution in [0.5, 0.6) is 0 Å². The molecule has 1 aliphatic carbocycles. The third-order valence-electron chi connectivity index (χ3n) is 4.04. The quantitative estimate of drug-likeness (QED) is 0.726. The summed E-state index contributed by atoms with van der Waals surface area (Å²) in [5.74, 6) is 1.68. The maximum Gasteiger partial charge on any atom is 0.150 e. The van der Waals surface area contributed by atoms with Crippen LogP contribution in [0.25, 0.3) is 0 Å². The summed E-state index contributed by atoms with van der Waals surface area (Å²) in [5.41, 5.74) is 3.09. The van der Waals surface area contributed by atoms with Crippen molar-refractivity contribution in [1.82, 2.24) is 0 Å². The van der Waals surface area contributed by atoms with Crippen molar-refractivity contribution in [3.05, 3.63) is 28.8 Å². The number of benzene rings is 1. The van der Waals surface area contributed by atoms with Crippen LogP contribution in [0.3, 0.4) is 0 Å². The minimum Gasteiger partial charge on any atom is -0.370 e. The number of aldehydes is 1. The molecular formula is C14H14N2O. The molecule has 0 bridgehead atoms. The van der Waals surface area contributed by atoms with Gasteiger partial charge < -0.3 is 4.90 Å². The molecule has 1 heterocycles. The van der Waals surface area contributed by atoms with Crippen LogP contribution in [0.1, 0.15) is 27.9 Å². The Labute approximate surface area is 101 Å². The molecule has 0 amide bonds. The molecule has 1 aromatic rings. The highest BCUT2D eigenvalue weighted by Gasteiger charge is 2.45. The molecule has 0 N–H and O–H groups in total. The van der Waals surface area contributed by atoms with Crippen LogP contribution in [0, 0.1) is 30.1 Å². The third-order valence-corrected chi connectivity index (χ3v) is 4.04. The van der Waals surface area contributed by atoms with Crippen molar-refractivity contribution in [3.8, 4) is 6.07 Å². The van der Waals surface area contributed by atoms with Crippen LogP contribution in [-0.4, -0.2) is 19.4 Å². The monoisotopic (exact) mass is 226 g/mol. The predicted octanol–water partition coefficient (Wildman–Crippen LogP) is 2.14. The van der Waals surface area contributed by atoms with Crippen molar-refractivity contribution in [3.63, 3.8) is 0 Å². The summed E-state index contributed by atoms with van der Waals surface area (Å²) in [4.78, 5) is 13.2. The predicted molar refractivity (Wildman–Crippen MR) is 65.1 cm³/mol. The van der Waals surface area contributed by atoms with Crippen LogP contribution in [0.15, 0.2) is 12.1 Å². The van der Waals surface area contributed by atoms with E-state index in [1.54, 1.807) is 0 Å². The molecule has 2 fully saturated rings. The van der Waals surface area contributed by atoms with Gasteiger partial charge in [-0.2, -0.15) is 5.26 Å². The van der Waals surface area contributed by atoms with E-state index in [4.69, 9.17) is 0 Å². The maximum atomic E-state index is 10.9. The minimum atomic E-state index is 0.620. The number of nitrogens with zero attached hydrogens (tertiary/aromatic N) is 2. The number of hydrogen-bond donors (Lipinski definition) is 0. The summed E-state index contributed by atoms with van der Waals surface area (Å²) in [6, 6.07) is 5.98. The lowest BCUT2D eigenvalue weighted by molar-refractivity contribution is 0.112. The van der Waals surface area contributed by atoms with Gasteiger partial charge in [0.2, 0.25) is 0 Å². The van der Waals surface area contributed by atoms with Gasteiger partial charge in [0.1, 0.15) is 12.4 Å². The van der Waals surface area contributed by atoms with Crippen LogP contribution in [0.2, 0.25) is 0 Å². The normalized spacial score (nSPS) is 25.3. The van der Waals surface area contributed by atoms with Gasteiger partial charge >= 0.3 is 0 Å². The lowest BCUT2D eigenvalue weighted by Gasteiger charge is -2.22. The number of rotatable bonds is 2. The van der Waals surface area contributed by atoms with E-state index in [1.807, 2.05) is 19.1 Å². The molecule has 0 aromatic heterocycles. The van der Waals surface area contributed by atoms with Gasteiger partial charge in [-0.3, -0.25) is 4.79 Å². The fraction of sp³-hybridized carbons (Fsp3) is 0.429. The molecule has 17 heavy (non-hydrogen) atoms. The second kappa shape index (κ2) is 3.59. The Kier molecular flexibility index (Phi) is 2.19. The van der Waals surface area contributed by atoms with Gasteiger partial charge in [-0.1, -0.05) is 0 Å². The first-order chi connectivity index (χ1) is 8.24. The van der Waals surface area contributed by atoms with Gasteiger partial charge in [-0.25, -0.2) is 0 Å². The molecule has 86 valence electrons. The maximum absolute atomic E-state index is 10.9. The van der Waals surface area contributed by atoms with Gasteiger partial charge in [0.15, 0.2) is 0 Å². The number of carbonyl (C=O) groups is 1. The van der Waals surface area contributed by atoms with E-state index < -0.39 is 0 Å². The first kappa shape index (κ1) is 10.3. The Morgan fingerprint density at radius 2 is 2.12 bits per heavy atom. The molecule has 3 heteroatoms. The molecular weight excluding hydrogens is 212 g/mol. The average molecular weight is 226 g/mol. The van der Waals surface area contributed by atoms with Crippen LogP contribution >= 0.6 is 0 Å². The molecule has 1 aliphatic heterocycles. The zero-order valence-electron chi connectivity index (χ0n) is 9.81. The summed E-state index contributed by atoms with van der Waals surface area (Å²) >= 11 is 0. The van der Waals surface area contributed by atoms with Crippen molar-refractivity contribution in [2.75, 3.05) is 18.0 Å². The fourth-order valence-corrected chi connectivity index (χ4v) is 2.84. The first-order valence-corrected chi connectivity index (χ1v) is 5.98. The standard InChI is InChI=1S/C14H14N2O/c1-9-10(8-17)2-3-14(13(9)5-15)16-6-11-4-12(11)7-16/h2-3,8,11-12H,4,6-7H2,1H3. The van der Waals surface area contributed by atoms with Gasteiger partial charge in [0, 0.05) is 18.7 Å². The highest BCUT2D eigenvalue weighted by atomic mass is 16.1. The van der Waals surface area contributed by atoms with Crippen LogP contribution < -0.4 is 4.90 Å². The lowest BCUT2D eigenvalue weighted by Crippen LogP contribution is -2.23. The number of carbonyl (C=O) groups excluding carboxylic acids is 1. The van der Waals surface area contributed by atoms with Gasteiger partial charge in [0.25, 0.3) is 0 Å². The Balaban J connectivity index is 2.02. The molecule has 3 rings (SSSR count). The lowest BCUT2D eigenvalue weighted by atomic mass is 10.0. The molecule has 3 nitrogen and oxygen atoms in total. The van der Waals surface area contributed by atoms with E-state index in [-0.39, 0.29) is 0 Å². The summed E-state index contributed by atoms with van der Waals surface area (Å²) in [7, 11) is 0. The number of piperidine rings is 1. The van der Waals surface area contributed by atoms with E-state index in [9.17, 15) is 10.1 Å². The minimum absolute atomic E-state index is 0.620. The summed E-state index contributed by atoms with van der Waals surface area (Å²) in [5, 5.41) is 9.26. The number of fused-ring (bicyclic) bond motifs is 1. The van der Waals surface area contributed by atoms with E-state index in [0.717, 1.165) is 42.5 Å². The molecule has 1 aromatic carbocycles. The second-order valence-corrected chi connectivity index (χ2v) is 5.06.